The van der Waals surface area contributed by atoms with Crippen molar-refractivity contribution in [2.45, 2.75) is 32.4 Å². The van der Waals surface area contributed by atoms with Crippen molar-refractivity contribution in [1.82, 2.24) is 4.90 Å². The molecule has 2 unspecified atom stereocenters. The van der Waals surface area contributed by atoms with E-state index in [4.69, 9.17) is 11.5 Å². The van der Waals surface area contributed by atoms with Crippen molar-refractivity contribution >= 4 is 11.6 Å². The predicted molar refractivity (Wildman–Crippen MR) is 74.3 cm³/mol. The van der Waals surface area contributed by atoms with E-state index in [9.17, 15) is 9.90 Å². The number of likely N-dealkylation sites (tertiary alicyclic amines) is 1. The van der Waals surface area contributed by atoms with Crippen LogP contribution in [0.15, 0.2) is 18.2 Å². The Balaban J connectivity index is 2.12. The Hall–Kier alpha value is -1.75. The van der Waals surface area contributed by atoms with Crippen LogP contribution in [0.3, 0.4) is 0 Å². The Morgan fingerprint density at radius 2 is 2.21 bits per heavy atom. The molecular weight excluding hydrogens is 242 g/mol. The molecule has 1 aromatic carbocycles. The van der Waals surface area contributed by atoms with Crippen LogP contribution in [0.25, 0.3) is 0 Å². The molecule has 0 saturated carbocycles. The summed E-state index contributed by atoms with van der Waals surface area (Å²) in [6.45, 7) is 3.35. The van der Waals surface area contributed by atoms with Crippen LogP contribution < -0.4 is 11.5 Å². The molecule has 1 amide bonds. The van der Waals surface area contributed by atoms with Crippen molar-refractivity contribution in [2.75, 3.05) is 12.3 Å². The molecule has 2 rings (SSSR count). The summed E-state index contributed by atoms with van der Waals surface area (Å²) in [5.74, 6) is -0.101. The maximum absolute atomic E-state index is 11.3. The monoisotopic (exact) mass is 263 g/mol. The zero-order valence-corrected chi connectivity index (χ0v) is 11.2. The molecule has 19 heavy (non-hydrogen) atoms. The number of nitrogens with two attached hydrogens (primary N) is 2. The van der Waals surface area contributed by atoms with Crippen LogP contribution in [0.4, 0.5) is 5.69 Å². The molecule has 1 aliphatic heterocycles. The van der Waals surface area contributed by atoms with E-state index >= 15 is 0 Å². The lowest BCUT2D eigenvalue weighted by atomic mass is 9.92. The SMILES string of the molecule is CC1CCC(C(N)=O)CN1Cc1cc(N)ccc1O. The third-order valence-corrected chi connectivity index (χ3v) is 3.89. The standard InChI is InChI=1S/C14H21N3O2/c1-9-2-3-10(14(16)19)7-17(9)8-11-6-12(15)4-5-13(11)18/h4-6,9-10,18H,2-3,7-8,15H2,1H3,(H2,16,19). The Kier molecular flexibility index (Phi) is 3.95. The zero-order chi connectivity index (χ0) is 14.0. The van der Waals surface area contributed by atoms with Gasteiger partial charge in [-0.1, -0.05) is 0 Å². The minimum absolute atomic E-state index is 0.0978. The molecule has 1 heterocycles. The van der Waals surface area contributed by atoms with Gasteiger partial charge in [-0.25, -0.2) is 0 Å². The van der Waals surface area contributed by atoms with Gasteiger partial charge in [0.05, 0.1) is 5.92 Å². The van der Waals surface area contributed by atoms with Crippen molar-refractivity contribution in [3.63, 3.8) is 0 Å². The molecule has 1 fully saturated rings. The number of benzene rings is 1. The van der Waals surface area contributed by atoms with Gasteiger partial charge in [0.2, 0.25) is 5.91 Å². The third kappa shape index (κ3) is 3.17. The van der Waals surface area contributed by atoms with Gasteiger partial charge < -0.3 is 16.6 Å². The molecule has 104 valence electrons. The first-order valence-electron chi connectivity index (χ1n) is 6.58. The maximum atomic E-state index is 11.3. The summed E-state index contributed by atoms with van der Waals surface area (Å²) in [4.78, 5) is 13.5. The molecule has 1 aromatic rings. The molecule has 5 N–H and O–H groups in total. The van der Waals surface area contributed by atoms with E-state index in [1.807, 2.05) is 0 Å². The molecule has 0 bridgehead atoms. The predicted octanol–water partition coefficient (Wildman–Crippen LogP) is 1.06. The van der Waals surface area contributed by atoms with Crippen LogP contribution in [0.5, 0.6) is 5.75 Å². The number of piperidine rings is 1. The average molecular weight is 263 g/mol. The number of carbonyl (C=O) groups excluding carboxylic acids is 1. The lowest BCUT2D eigenvalue weighted by Crippen LogP contribution is -2.45. The fourth-order valence-corrected chi connectivity index (χ4v) is 2.58. The molecule has 2 atom stereocenters. The summed E-state index contributed by atoms with van der Waals surface area (Å²) in [7, 11) is 0. The minimum atomic E-state index is -0.242. The van der Waals surface area contributed by atoms with Crippen LogP contribution in [0.2, 0.25) is 0 Å². The van der Waals surface area contributed by atoms with Crippen molar-refractivity contribution < 1.29 is 9.90 Å². The third-order valence-electron chi connectivity index (χ3n) is 3.89. The lowest BCUT2D eigenvalue weighted by Gasteiger charge is -2.37. The highest BCUT2D eigenvalue weighted by molar-refractivity contribution is 5.77. The van der Waals surface area contributed by atoms with E-state index in [0.29, 0.717) is 24.8 Å². The number of anilines is 1. The van der Waals surface area contributed by atoms with Gasteiger partial charge in [0.25, 0.3) is 0 Å². The zero-order valence-electron chi connectivity index (χ0n) is 11.2. The molecule has 1 aliphatic rings. The highest BCUT2D eigenvalue weighted by Gasteiger charge is 2.28. The Labute approximate surface area is 113 Å². The Morgan fingerprint density at radius 3 is 2.89 bits per heavy atom. The quantitative estimate of drug-likeness (QED) is 0.561. The highest BCUT2D eigenvalue weighted by Crippen LogP contribution is 2.27. The van der Waals surface area contributed by atoms with Crippen LogP contribution >= 0.6 is 0 Å². The summed E-state index contributed by atoms with van der Waals surface area (Å²) in [6, 6.07) is 5.42. The lowest BCUT2D eigenvalue weighted by molar-refractivity contribution is -0.124. The van der Waals surface area contributed by atoms with E-state index in [1.54, 1.807) is 18.2 Å². The van der Waals surface area contributed by atoms with Crippen molar-refractivity contribution in [1.29, 1.82) is 0 Å². The van der Waals surface area contributed by atoms with Crippen LogP contribution in [-0.4, -0.2) is 28.5 Å². The van der Waals surface area contributed by atoms with Crippen molar-refractivity contribution in [3.05, 3.63) is 23.8 Å². The number of phenols is 1. The summed E-state index contributed by atoms with van der Waals surface area (Å²) in [5.41, 5.74) is 12.5. The molecule has 0 aliphatic carbocycles. The van der Waals surface area contributed by atoms with Gasteiger partial charge in [-0.15, -0.1) is 0 Å². The number of nitrogens with zero attached hydrogens (tertiary/aromatic N) is 1. The molecule has 0 aromatic heterocycles. The summed E-state index contributed by atoms with van der Waals surface area (Å²) in [5, 5.41) is 9.85. The maximum Gasteiger partial charge on any atom is 0.221 e. The second-order valence-corrected chi connectivity index (χ2v) is 5.34. The second-order valence-electron chi connectivity index (χ2n) is 5.34. The smallest absolute Gasteiger partial charge is 0.221 e. The number of nitrogen functional groups attached to an aromatic ring is 1. The van der Waals surface area contributed by atoms with E-state index in [2.05, 4.69) is 11.8 Å². The summed E-state index contributed by atoms with van der Waals surface area (Å²) in [6.07, 6.45) is 1.78. The molecule has 1 saturated heterocycles. The van der Waals surface area contributed by atoms with Gasteiger partial charge in [-0.2, -0.15) is 0 Å². The Bertz CT molecular complexity index is 476. The first-order chi connectivity index (χ1) is 8.97. The number of primary amides is 1. The summed E-state index contributed by atoms with van der Waals surface area (Å²) < 4.78 is 0. The Morgan fingerprint density at radius 1 is 1.47 bits per heavy atom. The van der Waals surface area contributed by atoms with Gasteiger partial charge in [-0.3, -0.25) is 9.69 Å². The second kappa shape index (κ2) is 5.48. The molecule has 0 spiro atoms. The summed E-state index contributed by atoms with van der Waals surface area (Å²) >= 11 is 0. The van der Waals surface area contributed by atoms with E-state index in [-0.39, 0.29) is 17.6 Å². The van der Waals surface area contributed by atoms with E-state index in [0.717, 1.165) is 18.4 Å². The topological polar surface area (TPSA) is 92.6 Å². The van der Waals surface area contributed by atoms with Crippen LogP contribution in [0, 0.1) is 5.92 Å². The van der Waals surface area contributed by atoms with E-state index in [1.165, 1.54) is 0 Å². The molecule has 0 radical (unpaired) electrons. The number of carbonyl (C=O) groups is 1. The number of rotatable bonds is 3. The van der Waals surface area contributed by atoms with E-state index < -0.39 is 0 Å². The molecular formula is C14H21N3O2. The first-order valence-corrected chi connectivity index (χ1v) is 6.58. The van der Waals surface area contributed by atoms with Crippen molar-refractivity contribution in [3.8, 4) is 5.75 Å². The number of amides is 1. The van der Waals surface area contributed by atoms with Gasteiger partial charge in [0.15, 0.2) is 0 Å². The number of phenolic OH excluding ortho intramolecular Hbond substituents is 1. The fourth-order valence-electron chi connectivity index (χ4n) is 2.58. The normalized spacial score (nSPS) is 24.3. The number of hydrogen-bond acceptors (Lipinski definition) is 4. The average Bonchev–Trinajstić information content (AvgIpc) is 2.36. The van der Waals surface area contributed by atoms with Crippen molar-refractivity contribution in [2.24, 2.45) is 11.7 Å². The van der Waals surface area contributed by atoms with Gasteiger partial charge in [0, 0.05) is 30.4 Å². The van der Waals surface area contributed by atoms with Gasteiger partial charge in [0.1, 0.15) is 5.75 Å². The van der Waals surface area contributed by atoms with Gasteiger partial charge in [-0.05, 0) is 38.0 Å². The molecule has 5 heteroatoms. The fraction of sp³-hybridized carbons (Fsp3) is 0.500. The van der Waals surface area contributed by atoms with Gasteiger partial charge >= 0.3 is 0 Å². The minimum Gasteiger partial charge on any atom is -0.508 e. The first kappa shape index (κ1) is 13.7. The van der Waals surface area contributed by atoms with Crippen LogP contribution in [0.1, 0.15) is 25.3 Å². The molecule has 5 nitrogen and oxygen atoms in total. The number of hydrogen-bond donors (Lipinski definition) is 3. The van der Waals surface area contributed by atoms with Crippen LogP contribution in [-0.2, 0) is 11.3 Å². The highest BCUT2D eigenvalue weighted by atomic mass is 16.3. The number of aromatic hydroxyl groups is 1. The largest absolute Gasteiger partial charge is 0.508 e.